The number of nitrogens with one attached hydrogen (secondary N) is 1. The molecule has 1 fully saturated rings. The largest absolute Gasteiger partial charge is 0.497 e. The van der Waals surface area contributed by atoms with Crippen LogP contribution in [0.3, 0.4) is 0 Å². The number of ether oxygens (including phenoxy) is 2. The van der Waals surface area contributed by atoms with Gasteiger partial charge in [0.15, 0.2) is 9.84 Å². The van der Waals surface area contributed by atoms with Crippen LogP contribution in [-0.4, -0.2) is 44.3 Å². The van der Waals surface area contributed by atoms with E-state index < -0.39 is 38.2 Å². The number of carbonyl (C=O) groups excluding carboxylic acids is 2. The van der Waals surface area contributed by atoms with E-state index in [2.05, 4.69) is 5.32 Å². The smallest absolute Gasteiger partial charge is 0.408 e. The summed E-state index contributed by atoms with van der Waals surface area (Å²) in [6.45, 7) is 5.03. The lowest BCUT2D eigenvalue weighted by Crippen LogP contribution is -2.45. The third-order valence-corrected chi connectivity index (χ3v) is 7.55. The Bertz CT molecular complexity index is 1080. The Hall–Kier alpha value is -2.58. The maximum absolute atomic E-state index is 13.4. The molecule has 2 aromatic carbocycles. The third kappa shape index (κ3) is 4.55. The van der Waals surface area contributed by atoms with Gasteiger partial charge in [-0.3, -0.25) is 0 Å². The molecule has 0 spiro atoms. The first-order valence-corrected chi connectivity index (χ1v) is 11.5. The zero-order valence-corrected chi connectivity index (χ0v) is 19.2. The number of hydrogen-bond acceptors (Lipinski definition) is 6. The highest BCUT2D eigenvalue weighted by Gasteiger charge is 2.73. The van der Waals surface area contributed by atoms with Gasteiger partial charge in [-0.05, 0) is 62.7 Å². The van der Waals surface area contributed by atoms with Crippen LogP contribution in [-0.2, 0) is 19.4 Å². The first-order valence-electron chi connectivity index (χ1n) is 9.55. The lowest BCUT2D eigenvalue weighted by atomic mass is 10.1. The molecule has 31 heavy (non-hydrogen) atoms. The van der Waals surface area contributed by atoms with Crippen LogP contribution in [0.1, 0.15) is 32.3 Å². The molecule has 3 atom stereocenters. The van der Waals surface area contributed by atoms with Crippen molar-refractivity contribution in [3.8, 4) is 5.75 Å². The fourth-order valence-corrected chi connectivity index (χ4v) is 6.01. The van der Waals surface area contributed by atoms with Gasteiger partial charge in [0.25, 0.3) is 0 Å². The molecular formula is C22H24ClNO6S. The molecule has 7 nitrogen and oxygen atoms in total. The van der Waals surface area contributed by atoms with Crippen LogP contribution in [0.5, 0.6) is 5.75 Å². The SMILES string of the molecule is COc1ccc(C2C(S(=O)(=O)c3ccc(Cl)cc3)C2(C=O)NC(=O)OC(C)(C)C)cc1. The predicted molar refractivity (Wildman–Crippen MR) is 116 cm³/mol. The van der Waals surface area contributed by atoms with Crippen LogP contribution in [0.2, 0.25) is 5.02 Å². The Kier molecular flexibility index (Phi) is 6.08. The van der Waals surface area contributed by atoms with E-state index in [-0.39, 0.29) is 4.90 Å². The van der Waals surface area contributed by atoms with Gasteiger partial charge in [-0.15, -0.1) is 0 Å². The molecule has 1 aliphatic carbocycles. The first-order chi connectivity index (χ1) is 14.4. The van der Waals surface area contributed by atoms with Gasteiger partial charge in [0, 0.05) is 10.9 Å². The van der Waals surface area contributed by atoms with Crippen molar-refractivity contribution in [1.82, 2.24) is 5.32 Å². The van der Waals surface area contributed by atoms with Gasteiger partial charge in [0.2, 0.25) is 0 Å². The van der Waals surface area contributed by atoms with Gasteiger partial charge >= 0.3 is 6.09 Å². The van der Waals surface area contributed by atoms with Crippen LogP contribution in [0.4, 0.5) is 4.79 Å². The molecule has 0 aromatic heterocycles. The number of benzene rings is 2. The maximum atomic E-state index is 13.4. The topological polar surface area (TPSA) is 98.8 Å². The van der Waals surface area contributed by atoms with Crippen molar-refractivity contribution < 1.29 is 27.5 Å². The average molecular weight is 466 g/mol. The summed E-state index contributed by atoms with van der Waals surface area (Å²) in [4.78, 5) is 24.7. The molecule has 0 bridgehead atoms. The van der Waals surface area contributed by atoms with Crippen molar-refractivity contribution in [2.75, 3.05) is 7.11 Å². The summed E-state index contributed by atoms with van der Waals surface area (Å²) in [6.07, 6.45) is -0.392. The van der Waals surface area contributed by atoms with E-state index in [1.165, 1.54) is 31.4 Å². The molecular weight excluding hydrogens is 442 g/mol. The summed E-state index contributed by atoms with van der Waals surface area (Å²) < 4.78 is 37.3. The zero-order chi connectivity index (χ0) is 23.0. The summed E-state index contributed by atoms with van der Waals surface area (Å²) in [6, 6.07) is 12.4. The second kappa shape index (κ2) is 8.16. The Morgan fingerprint density at radius 3 is 2.16 bits per heavy atom. The van der Waals surface area contributed by atoms with Gasteiger partial charge in [0.05, 0.1) is 12.0 Å². The van der Waals surface area contributed by atoms with Gasteiger partial charge in [-0.2, -0.15) is 0 Å². The summed E-state index contributed by atoms with van der Waals surface area (Å²) in [5.41, 5.74) is -1.91. The molecule has 3 rings (SSSR count). The van der Waals surface area contributed by atoms with Crippen LogP contribution in [0.15, 0.2) is 53.4 Å². The Labute approximate surface area is 186 Å². The second-order valence-electron chi connectivity index (χ2n) is 8.35. The molecule has 1 N–H and O–H groups in total. The molecule has 1 saturated carbocycles. The number of halogens is 1. The minimum atomic E-state index is -4.00. The van der Waals surface area contributed by atoms with Gasteiger partial charge < -0.3 is 19.6 Å². The average Bonchev–Trinajstić information content (AvgIpc) is 3.36. The van der Waals surface area contributed by atoms with Crippen molar-refractivity contribution in [1.29, 1.82) is 0 Å². The molecule has 0 aliphatic heterocycles. The highest BCUT2D eigenvalue weighted by molar-refractivity contribution is 7.92. The highest BCUT2D eigenvalue weighted by atomic mass is 35.5. The molecule has 0 saturated heterocycles. The van der Waals surface area contributed by atoms with E-state index in [1.54, 1.807) is 45.0 Å². The predicted octanol–water partition coefficient (Wildman–Crippen LogP) is 3.75. The summed E-state index contributed by atoms with van der Waals surface area (Å²) in [7, 11) is -2.48. The quantitative estimate of drug-likeness (QED) is 0.652. The first kappa shape index (κ1) is 23.1. The number of rotatable bonds is 6. The number of carbonyl (C=O) groups is 2. The molecule has 1 aliphatic rings. The molecule has 9 heteroatoms. The summed E-state index contributed by atoms with van der Waals surface area (Å²) in [5.74, 6) is -0.220. The van der Waals surface area contributed by atoms with Gasteiger partial charge in [-0.25, -0.2) is 13.2 Å². The number of sulfone groups is 1. The van der Waals surface area contributed by atoms with Gasteiger partial charge in [-0.1, -0.05) is 23.7 Å². The zero-order valence-electron chi connectivity index (χ0n) is 17.6. The molecule has 0 radical (unpaired) electrons. The van der Waals surface area contributed by atoms with Crippen molar-refractivity contribution in [2.24, 2.45) is 0 Å². The minimum Gasteiger partial charge on any atom is -0.497 e. The van der Waals surface area contributed by atoms with Crippen molar-refractivity contribution in [2.45, 2.75) is 48.0 Å². The molecule has 1 amide bonds. The van der Waals surface area contributed by atoms with E-state index in [0.717, 1.165) is 0 Å². The van der Waals surface area contributed by atoms with Crippen LogP contribution in [0.25, 0.3) is 0 Å². The summed E-state index contributed by atoms with van der Waals surface area (Å²) in [5, 5.41) is 1.70. The Balaban J connectivity index is 2.04. The van der Waals surface area contributed by atoms with Crippen molar-refractivity contribution in [3.63, 3.8) is 0 Å². The van der Waals surface area contributed by atoms with Crippen molar-refractivity contribution >= 4 is 33.8 Å². The lowest BCUT2D eigenvalue weighted by molar-refractivity contribution is -0.110. The molecule has 166 valence electrons. The maximum Gasteiger partial charge on any atom is 0.408 e. The monoisotopic (exact) mass is 465 g/mol. The van der Waals surface area contributed by atoms with Crippen molar-refractivity contribution in [3.05, 3.63) is 59.1 Å². The second-order valence-corrected chi connectivity index (χ2v) is 10.9. The third-order valence-electron chi connectivity index (χ3n) is 5.04. The molecule has 2 aromatic rings. The molecule has 3 unspecified atom stereocenters. The van der Waals surface area contributed by atoms with Crippen LogP contribution < -0.4 is 10.1 Å². The Morgan fingerprint density at radius 1 is 1.10 bits per heavy atom. The molecule has 0 heterocycles. The number of aldehydes is 1. The van der Waals surface area contributed by atoms with E-state index >= 15 is 0 Å². The number of alkyl carbamates (subject to hydrolysis) is 1. The van der Waals surface area contributed by atoms with E-state index in [4.69, 9.17) is 21.1 Å². The van der Waals surface area contributed by atoms with Gasteiger partial charge in [0.1, 0.15) is 28.4 Å². The van der Waals surface area contributed by atoms with Crippen LogP contribution in [0, 0.1) is 0 Å². The van der Waals surface area contributed by atoms with Crippen LogP contribution >= 0.6 is 11.6 Å². The normalized spacial score (nSPS) is 23.0. The van der Waals surface area contributed by atoms with E-state index in [9.17, 15) is 18.0 Å². The van der Waals surface area contributed by atoms with E-state index in [0.29, 0.717) is 22.6 Å². The fraction of sp³-hybridized carbons (Fsp3) is 0.364. The number of hydrogen-bond donors (Lipinski definition) is 1. The standard InChI is InChI=1S/C22H24ClNO6S/c1-21(2,3)30-20(26)24-22(13-25)18(14-5-9-16(29-4)10-6-14)19(22)31(27,28)17-11-7-15(23)8-12-17/h5-13,18-19H,1-4H3,(H,24,26). The number of methoxy groups -OCH3 is 1. The number of amides is 1. The fourth-order valence-electron chi connectivity index (χ4n) is 3.64. The van der Waals surface area contributed by atoms with E-state index in [1.807, 2.05) is 0 Å². The Morgan fingerprint density at radius 2 is 1.68 bits per heavy atom. The lowest BCUT2D eigenvalue weighted by Gasteiger charge is -2.22. The summed E-state index contributed by atoms with van der Waals surface area (Å²) >= 11 is 5.89. The highest BCUT2D eigenvalue weighted by Crippen LogP contribution is 2.56. The minimum absolute atomic E-state index is 0.00938.